The Bertz CT molecular complexity index is 136. The average molecular weight is 143 g/mol. The summed E-state index contributed by atoms with van der Waals surface area (Å²) >= 11 is 0. The van der Waals surface area contributed by atoms with Crippen LogP contribution in [0, 0.1) is 5.92 Å². The van der Waals surface area contributed by atoms with Crippen LogP contribution in [0.15, 0.2) is 0 Å². The number of carbonyl (C=O) groups is 1. The molecule has 0 spiro atoms. The lowest BCUT2D eigenvalue weighted by molar-refractivity contribution is 0.108. The number of carbonyl (C=O) groups excluding carboxylic acids is 1. The van der Waals surface area contributed by atoms with E-state index in [0.29, 0.717) is 5.92 Å². The van der Waals surface area contributed by atoms with Gasteiger partial charge in [-0.2, -0.15) is 0 Å². The number of primary amides is 1. The van der Waals surface area contributed by atoms with E-state index in [2.05, 4.69) is 6.92 Å². The van der Waals surface area contributed by atoms with Crippen molar-refractivity contribution in [3.8, 4) is 0 Å². The quantitative estimate of drug-likeness (QED) is 0.601. The zero-order valence-electron chi connectivity index (χ0n) is 6.17. The number of hydrogen-bond acceptors (Lipinski definition) is 2. The molecule has 0 bridgehead atoms. The third-order valence-electron chi connectivity index (χ3n) is 1.93. The van der Waals surface area contributed by atoms with Crippen LogP contribution in [0.4, 0.5) is 4.79 Å². The molecule has 0 radical (unpaired) electrons. The number of amides is 1. The van der Waals surface area contributed by atoms with Crippen LogP contribution < -0.4 is 5.73 Å². The Labute approximate surface area is 60.5 Å². The van der Waals surface area contributed by atoms with E-state index in [9.17, 15) is 4.79 Å². The summed E-state index contributed by atoms with van der Waals surface area (Å²) in [5.41, 5.74) is 4.86. The van der Waals surface area contributed by atoms with Crippen molar-refractivity contribution < 1.29 is 9.53 Å². The molecule has 1 aliphatic carbocycles. The van der Waals surface area contributed by atoms with Gasteiger partial charge in [0.15, 0.2) is 0 Å². The van der Waals surface area contributed by atoms with Crippen LogP contribution in [0.3, 0.4) is 0 Å². The van der Waals surface area contributed by atoms with E-state index in [-0.39, 0.29) is 6.10 Å². The lowest BCUT2D eigenvalue weighted by Gasteiger charge is -2.07. The van der Waals surface area contributed by atoms with E-state index in [1.165, 1.54) is 0 Å². The summed E-state index contributed by atoms with van der Waals surface area (Å²) in [7, 11) is 0. The molecule has 0 saturated heterocycles. The van der Waals surface area contributed by atoms with Crippen LogP contribution >= 0.6 is 0 Å². The predicted molar refractivity (Wildman–Crippen MR) is 37.5 cm³/mol. The maximum Gasteiger partial charge on any atom is 0.404 e. The van der Waals surface area contributed by atoms with Crippen molar-refractivity contribution >= 4 is 6.09 Å². The Morgan fingerprint density at radius 1 is 1.60 bits per heavy atom. The fourth-order valence-corrected chi connectivity index (χ4v) is 1.43. The summed E-state index contributed by atoms with van der Waals surface area (Å²) in [4.78, 5) is 10.3. The van der Waals surface area contributed by atoms with Crippen LogP contribution in [-0.4, -0.2) is 12.2 Å². The highest BCUT2D eigenvalue weighted by atomic mass is 16.6. The second-order valence-corrected chi connectivity index (χ2v) is 2.98. The van der Waals surface area contributed by atoms with Crippen molar-refractivity contribution in [2.45, 2.75) is 32.3 Å². The monoisotopic (exact) mass is 143 g/mol. The van der Waals surface area contributed by atoms with Crippen LogP contribution in [0.1, 0.15) is 26.2 Å². The van der Waals surface area contributed by atoms with E-state index in [4.69, 9.17) is 10.5 Å². The van der Waals surface area contributed by atoms with Crippen LogP contribution in [-0.2, 0) is 4.74 Å². The van der Waals surface area contributed by atoms with Crippen molar-refractivity contribution in [1.82, 2.24) is 0 Å². The van der Waals surface area contributed by atoms with Crippen LogP contribution in [0.5, 0.6) is 0 Å². The van der Waals surface area contributed by atoms with Gasteiger partial charge in [-0.05, 0) is 25.2 Å². The normalized spacial score (nSPS) is 32.1. The highest BCUT2D eigenvalue weighted by Gasteiger charge is 2.23. The molecule has 1 aliphatic rings. The van der Waals surface area contributed by atoms with Gasteiger partial charge in [-0.1, -0.05) is 6.92 Å². The number of ether oxygens (including phenoxy) is 1. The molecule has 3 nitrogen and oxygen atoms in total. The zero-order valence-corrected chi connectivity index (χ0v) is 6.17. The maximum atomic E-state index is 10.3. The lowest BCUT2D eigenvalue weighted by Crippen LogP contribution is -2.20. The van der Waals surface area contributed by atoms with E-state index >= 15 is 0 Å². The minimum Gasteiger partial charge on any atom is -0.446 e. The molecule has 2 N–H and O–H groups in total. The Hall–Kier alpha value is -0.730. The van der Waals surface area contributed by atoms with Gasteiger partial charge in [-0.3, -0.25) is 0 Å². The van der Waals surface area contributed by atoms with Gasteiger partial charge in [0, 0.05) is 0 Å². The fourth-order valence-electron chi connectivity index (χ4n) is 1.43. The highest BCUT2D eigenvalue weighted by molar-refractivity contribution is 5.64. The summed E-state index contributed by atoms with van der Waals surface area (Å²) in [5.74, 6) is 0.685. The number of rotatable bonds is 1. The molecule has 1 saturated carbocycles. The third kappa shape index (κ3) is 1.90. The second-order valence-electron chi connectivity index (χ2n) is 2.98. The predicted octanol–water partition coefficient (Wildman–Crippen LogP) is 1.27. The minimum atomic E-state index is -0.640. The van der Waals surface area contributed by atoms with Gasteiger partial charge in [0.05, 0.1) is 0 Å². The first kappa shape index (κ1) is 7.38. The van der Waals surface area contributed by atoms with E-state index in [1.54, 1.807) is 0 Å². The van der Waals surface area contributed by atoms with Crippen molar-refractivity contribution in [2.75, 3.05) is 0 Å². The fraction of sp³-hybridized carbons (Fsp3) is 0.857. The van der Waals surface area contributed by atoms with Gasteiger partial charge < -0.3 is 10.5 Å². The summed E-state index contributed by atoms with van der Waals surface area (Å²) in [6, 6.07) is 0. The first-order valence-corrected chi connectivity index (χ1v) is 3.64. The molecular weight excluding hydrogens is 130 g/mol. The summed E-state index contributed by atoms with van der Waals surface area (Å²) < 4.78 is 4.82. The zero-order chi connectivity index (χ0) is 7.56. The smallest absolute Gasteiger partial charge is 0.404 e. The third-order valence-corrected chi connectivity index (χ3v) is 1.93. The van der Waals surface area contributed by atoms with Gasteiger partial charge in [0.1, 0.15) is 6.10 Å². The van der Waals surface area contributed by atoms with Crippen molar-refractivity contribution in [2.24, 2.45) is 11.7 Å². The Balaban J connectivity index is 2.24. The van der Waals surface area contributed by atoms with Gasteiger partial charge >= 0.3 is 6.09 Å². The molecule has 0 heterocycles. The molecule has 1 rings (SSSR count). The molecule has 58 valence electrons. The minimum absolute atomic E-state index is 0.0903. The van der Waals surface area contributed by atoms with Crippen LogP contribution in [0.2, 0.25) is 0 Å². The number of nitrogens with two attached hydrogens (primary N) is 1. The Kier molecular flexibility index (Phi) is 2.14. The molecule has 0 aromatic rings. The van der Waals surface area contributed by atoms with Gasteiger partial charge in [-0.25, -0.2) is 4.79 Å². The summed E-state index contributed by atoms with van der Waals surface area (Å²) in [6.45, 7) is 2.16. The first-order chi connectivity index (χ1) is 4.68. The van der Waals surface area contributed by atoms with Gasteiger partial charge in [-0.15, -0.1) is 0 Å². The highest BCUT2D eigenvalue weighted by Crippen LogP contribution is 2.26. The van der Waals surface area contributed by atoms with Gasteiger partial charge in [0.2, 0.25) is 0 Å². The standard InChI is InChI=1S/C7H13NO2/c1-5-2-3-6(4-5)10-7(8)9/h5-6H,2-4H2,1H3,(H2,8,9)/t5-,6?/m0/s1. The van der Waals surface area contributed by atoms with E-state index in [0.717, 1.165) is 19.3 Å². The summed E-state index contributed by atoms with van der Waals surface area (Å²) in [6.07, 6.45) is 2.55. The molecule has 0 aromatic carbocycles. The van der Waals surface area contributed by atoms with E-state index < -0.39 is 6.09 Å². The number of hydrogen-bond donors (Lipinski definition) is 1. The average Bonchev–Trinajstić information content (AvgIpc) is 2.13. The molecule has 1 fully saturated rings. The molecule has 2 atom stereocenters. The van der Waals surface area contributed by atoms with Crippen molar-refractivity contribution in [3.63, 3.8) is 0 Å². The molecule has 1 amide bonds. The SMILES string of the molecule is C[C@H]1CCC(OC(N)=O)C1. The Morgan fingerprint density at radius 3 is 2.70 bits per heavy atom. The van der Waals surface area contributed by atoms with Crippen LogP contribution in [0.25, 0.3) is 0 Å². The van der Waals surface area contributed by atoms with Crippen molar-refractivity contribution in [3.05, 3.63) is 0 Å². The van der Waals surface area contributed by atoms with Crippen molar-refractivity contribution in [1.29, 1.82) is 0 Å². The Morgan fingerprint density at radius 2 is 2.30 bits per heavy atom. The second kappa shape index (κ2) is 2.90. The molecule has 10 heavy (non-hydrogen) atoms. The molecule has 0 aromatic heterocycles. The lowest BCUT2D eigenvalue weighted by atomic mass is 10.1. The molecule has 1 unspecified atom stereocenters. The molecular formula is C7H13NO2. The first-order valence-electron chi connectivity index (χ1n) is 3.64. The molecule has 0 aliphatic heterocycles. The topological polar surface area (TPSA) is 52.3 Å². The molecule has 3 heteroatoms. The largest absolute Gasteiger partial charge is 0.446 e. The van der Waals surface area contributed by atoms with E-state index in [1.807, 2.05) is 0 Å². The maximum absolute atomic E-state index is 10.3. The summed E-state index contributed by atoms with van der Waals surface area (Å²) in [5, 5.41) is 0. The van der Waals surface area contributed by atoms with Gasteiger partial charge in [0.25, 0.3) is 0 Å².